The number of para-hydroxylation sites is 1. The Morgan fingerprint density at radius 3 is 2.48 bits per heavy atom. The molecule has 1 heterocycles. The summed E-state index contributed by atoms with van der Waals surface area (Å²) in [5, 5.41) is 0. The third-order valence-corrected chi connectivity index (χ3v) is 3.57. The van der Waals surface area contributed by atoms with Crippen LogP contribution in [-0.2, 0) is 6.61 Å². The van der Waals surface area contributed by atoms with Gasteiger partial charge in [-0.05, 0) is 36.2 Å². The molecule has 0 saturated carbocycles. The number of nitrogens with zero attached hydrogens (tertiary/aromatic N) is 1. The van der Waals surface area contributed by atoms with Gasteiger partial charge >= 0.3 is 0 Å². The quantitative estimate of drug-likeness (QED) is 0.863. The van der Waals surface area contributed by atoms with E-state index in [-0.39, 0.29) is 11.7 Å². The van der Waals surface area contributed by atoms with Crippen LogP contribution < -0.4 is 4.74 Å². The fourth-order valence-corrected chi connectivity index (χ4v) is 2.20. The van der Waals surface area contributed by atoms with Gasteiger partial charge in [0.25, 0.3) is 5.91 Å². The van der Waals surface area contributed by atoms with Crippen LogP contribution in [0, 0.1) is 5.82 Å². The van der Waals surface area contributed by atoms with Crippen LogP contribution in [0.2, 0.25) is 0 Å². The van der Waals surface area contributed by atoms with Crippen molar-refractivity contribution in [3.8, 4) is 5.75 Å². The highest BCUT2D eigenvalue weighted by Crippen LogP contribution is 2.23. The van der Waals surface area contributed by atoms with Crippen LogP contribution in [0.1, 0.15) is 22.3 Å². The largest absolute Gasteiger partial charge is 0.488 e. The van der Waals surface area contributed by atoms with Crippen LogP contribution in [-0.4, -0.2) is 23.9 Å². The van der Waals surface area contributed by atoms with E-state index in [9.17, 15) is 9.18 Å². The highest BCUT2D eigenvalue weighted by Gasteiger charge is 2.23. The van der Waals surface area contributed by atoms with Crippen LogP contribution in [0.5, 0.6) is 5.75 Å². The smallest absolute Gasteiger partial charge is 0.257 e. The van der Waals surface area contributed by atoms with E-state index in [1.165, 1.54) is 12.1 Å². The molecule has 3 rings (SSSR count). The maximum atomic E-state index is 12.9. The van der Waals surface area contributed by atoms with Crippen molar-refractivity contribution in [2.75, 3.05) is 13.1 Å². The predicted octanol–water partition coefficient (Wildman–Crippen LogP) is 3.25. The third kappa shape index (κ3) is 3.05. The van der Waals surface area contributed by atoms with Gasteiger partial charge in [0.05, 0.1) is 5.56 Å². The van der Waals surface area contributed by atoms with E-state index < -0.39 is 0 Å². The lowest BCUT2D eigenvalue weighted by Gasteiger charge is -2.31. The molecule has 0 unspecified atom stereocenters. The Bertz CT molecular complexity index is 635. The number of ether oxygens (including phenoxy) is 1. The van der Waals surface area contributed by atoms with Crippen molar-refractivity contribution in [3.05, 3.63) is 65.5 Å². The van der Waals surface area contributed by atoms with Crippen LogP contribution in [0.15, 0.2) is 48.5 Å². The molecule has 2 aromatic carbocycles. The summed E-state index contributed by atoms with van der Waals surface area (Å²) in [7, 11) is 0. The minimum absolute atomic E-state index is 0.0101. The number of hydrogen-bond donors (Lipinski definition) is 0. The summed E-state index contributed by atoms with van der Waals surface area (Å²) in [6, 6.07) is 13.4. The van der Waals surface area contributed by atoms with Gasteiger partial charge in [0.15, 0.2) is 0 Å². The van der Waals surface area contributed by atoms with Crippen molar-refractivity contribution in [2.45, 2.75) is 13.0 Å². The van der Waals surface area contributed by atoms with Crippen molar-refractivity contribution < 1.29 is 13.9 Å². The average Bonchev–Trinajstić information content (AvgIpc) is 2.45. The van der Waals surface area contributed by atoms with Crippen LogP contribution in [0.3, 0.4) is 0 Å². The molecular weight excluding hydrogens is 269 g/mol. The fraction of sp³-hybridized carbons (Fsp3) is 0.235. The molecule has 0 bridgehead atoms. The number of carbonyl (C=O) groups is 1. The molecule has 0 radical (unpaired) electrons. The van der Waals surface area contributed by atoms with Gasteiger partial charge < -0.3 is 9.64 Å². The standard InChI is InChI=1S/C17H16FNO2/c18-14-8-6-13(7-9-14)12-21-16-5-2-1-4-15(16)17(20)19-10-3-11-19/h1-2,4-9H,3,10-12H2. The first-order chi connectivity index (χ1) is 10.2. The molecule has 1 amide bonds. The van der Waals surface area contributed by atoms with E-state index in [1.807, 2.05) is 12.1 Å². The highest BCUT2D eigenvalue weighted by atomic mass is 19.1. The lowest BCUT2D eigenvalue weighted by Crippen LogP contribution is -2.42. The molecule has 1 saturated heterocycles. The van der Waals surface area contributed by atoms with E-state index in [0.29, 0.717) is 17.9 Å². The van der Waals surface area contributed by atoms with E-state index in [0.717, 1.165) is 25.1 Å². The molecule has 21 heavy (non-hydrogen) atoms. The molecule has 1 aliphatic heterocycles. The minimum atomic E-state index is -0.271. The third-order valence-electron chi connectivity index (χ3n) is 3.57. The van der Waals surface area contributed by atoms with E-state index >= 15 is 0 Å². The predicted molar refractivity (Wildman–Crippen MR) is 77.7 cm³/mol. The Labute approximate surface area is 123 Å². The van der Waals surface area contributed by atoms with Crippen LogP contribution in [0.25, 0.3) is 0 Å². The minimum Gasteiger partial charge on any atom is -0.488 e. The Kier molecular flexibility index (Phi) is 3.86. The van der Waals surface area contributed by atoms with E-state index in [1.54, 1.807) is 29.2 Å². The fourth-order valence-electron chi connectivity index (χ4n) is 2.20. The molecule has 0 spiro atoms. The summed E-state index contributed by atoms with van der Waals surface area (Å²) in [5.74, 6) is 0.307. The topological polar surface area (TPSA) is 29.5 Å². The highest BCUT2D eigenvalue weighted by molar-refractivity contribution is 5.97. The van der Waals surface area contributed by atoms with Crippen LogP contribution in [0.4, 0.5) is 4.39 Å². The van der Waals surface area contributed by atoms with Gasteiger partial charge in [0.2, 0.25) is 0 Å². The Morgan fingerprint density at radius 1 is 1.10 bits per heavy atom. The van der Waals surface area contributed by atoms with E-state index in [2.05, 4.69) is 0 Å². The molecule has 0 atom stereocenters. The van der Waals surface area contributed by atoms with Gasteiger partial charge in [0.1, 0.15) is 18.2 Å². The number of likely N-dealkylation sites (tertiary alicyclic amines) is 1. The zero-order valence-corrected chi connectivity index (χ0v) is 11.6. The van der Waals surface area contributed by atoms with Gasteiger partial charge in [-0.25, -0.2) is 4.39 Å². The van der Waals surface area contributed by atoms with Crippen LogP contribution >= 0.6 is 0 Å². The first kappa shape index (κ1) is 13.6. The Balaban J connectivity index is 1.72. The van der Waals surface area contributed by atoms with Gasteiger partial charge in [-0.1, -0.05) is 24.3 Å². The van der Waals surface area contributed by atoms with Gasteiger partial charge in [-0.15, -0.1) is 0 Å². The zero-order chi connectivity index (χ0) is 14.7. The number of rotatable bonds is 4. The second-order valence-electron chi connectivity index (χ2n) is 5.06. The summed E-state index contributed by atoms with van der Waals surface area (Å²) in [4.78, 5) is 14.1. The SMILES string of the molecule is O=C(c1ccccc1OCc1ccc(F)cc1)N1CCC1. The number of carbonyl (C=O) groups excluding carboxylic acids is 1. The first-order valence-corrected chi connectivity index (χ1v) is 6.99. The lowest BCUT2D eigenvalue weighted by molar-refractivity contribution is 0.0647. The second kappa shape index (κ2) is 5.95. The van der Waals surface area contributed by atoms with Crippen molar-refractivity contribution in [3.63, 3.8) is 0 Å². The molecular formula is C17H16FNO2. The number of hydrogen-bond acceptors (Lipinski definition) is 2. The normalized spacial score (nSPS) is 13.7. The molecule has 0 aliphatic carbocycles. The lowest BCUT2D eigenvalue weighted by atomic mass is 10.1. The summed E-state index contributed by atoms with van der Waals surface area (Å²) >= 11 is 0. The summed E-state index contributed by atoms with van der Waals surface area (Å²) in [6.07, 6.45) is 1.06. The average molecular weight is 285 g/mol. The Morgan fingerprint density at radius 2 is 1.81 bits per heavy atom. The van der Waals surface area contributed by atoms with Gasteiger partial charge in [0, 0.05) is 13.1 Å². The number of benzene rings is 2. The summed E-state index contributed by atoms with van der Waals surface area (Å²) in [5.41, 5.74) is 1.45. The number of amides is 1. The maximum Gasteiger partial charge on any atom is 0.257 e. The number of halogens is 1. The molecule has 4 heteroatoms. The molecule has 2 aromatic rings. The molecule has 0 N–H and O–H groups in total. The maximum absolute atomic E-state index is 12.9. The van der Waals surface area contributed by atoms with Crippen molar-refractivity contribution >= 4 is 5.91 Å². The van der Waals surface area contributed by atoms with Crippen molar-refractivity contribution in [2.24, 2.45) is 0 Å². The zero-order valence-electron chi connectivity index (χ0n) is 11.6. The molecule has 1 aliphatic rings. The van der Waals surface area contributed by atoms with Gasteiger partial charge in [-0.2, -0.15) is 0 Å². The summed E-state index contributed by atoms with van der Waals surface area (Å²) in [6.45, 7) is 1.93. The first-order valence-electron chi connectivity index (χ1n) is 6.99. The monoisotopic (exact) mass is 285 g/mol. The van der Waals surface area contributed by atoms with E-state index in [4.69, 9.17) is 4.74 Å². The molecule has 0 aromatic heterocycles. The Hall–Kier alpha value is -2.36. The second-order valence-corrected chi connectivity index (χ2v) is 5.06. The molecule has 108 valence electrons. The van der Waals surface area contributed by atoms with Gasteiger partial charge in [-0.3, -0.25) is 4.79 Å². The van der Waals surface area contributed by atoms with Crippen molar-refractivity contribution in [1.29, 1.82) is 0 Å². The van der Waals surface area contributed by atoms with Crippen molar-refractivity contribution in [1.82, 2.24) is 4.90 Å². The summed E-state index contributed by atoms with van der Waals surface area (Å²) < 4.78 is 18.6. The molecule has 1 fully saturated rings. The molecule has 3 nitrogen and oxygen atoms in total.